The van der Waals surface area contributed by atoms with Gasteiger partial charge in [-0.05, 0) is 18.2 Å². The molecule has 0 saturated carbocycles. The van der Waals surface area contributed by atoms with Crippen molar-refractivity contribution in [1.29, 1.82) is 0 Å². The molecule has 0 N–H and O–H groups in total. The summed E-state index contributed by atoms with van der Waals surface area (Å²) in [6, 6.07) is 8.15. The normalized spacial score (nSPS) is 13.3. The van der Waals surface area contributed by atoms with E-state index in [4.69, 9.17) is 4.84 Å². The molecule has 0 bridgehead atoms. The number of halogens is 1. The lowest BCUT2D eigenvalue weighted by atomic mass is 10.1. The average molecular weight is 286 g/mol. The summed E-state index contributed by atoms with van der Waals surface area (Å²) in [4.78, 5) is 43.9. The van der Waals surface area contributed by atoms with Crippen LogP contribution in [0.4, 0.5) is 4.39 Å². The fraction of sp³-hybridized carbons (Fsp3) is 0. The fourth-order valence-corrected chi connectivity index (χ4v) is 1.92. The Morgan fingerprint density at radius 3 is 2.29 bits per heavy atom. The van der Waals surface area contributed by atoms with Crippen LogP contribution in [0.2, 0.25) is 0 Å². The molecule has 1 aromatic heterocycles. The van der Waals surface area contributed by atoms with Crippen molar-refractivity contribution in [2.75, 3.05) is 0 Å². The largest absolute Gasteiger partial charge is 0.364 e. The zero-order chi connectivity index (χ0) is 15.0. The monoisotopic (exact) mass is 286 g/mol. The van der Waals surface area contributed by atoms with Crippen LogP contribution in [-0.4, -0.2) is 27.8 Å². The van der Waals surface area contributed by atoms with Gasteiger partial charge < -0.3 is 4.84 Å². The molecule has 0 spiro atoms. The molecule has 2 aromatic rings. The molecule has 0 aliphatic carbocycles. The van der Waals surface area contributed by atoms with Crippen LogP contribution in [0.5, 0.6) is 0 Å². The van der Waals surface area contributed by atoms with Crippen LogP contribution in [0.1, 0.15) is 31.1 Å². The standard InChI is InChI=1S/C14H7FN2O4/c15-11-7-8(5-6-16-11)14(20)21-17-12(18)9-3-1-2-4-10(9)13(17)19/h1-7H. The predicted octanol–water partition coefficient (Wildman–Crippen LogP) is 1.59. The number of carbonyl (C=O) groups excluding carboxylic acids is 3. The first-order valence-electron chi connectivity index (χ1n) is 5.89. The Balaban J connectivity index is 1.85. The number of amides is 2. The smallest absolute Gasteiger partial charge is 0.324 e. The Hall–Kier alpha value is -3.09. The molecule has 0 atom stereocenters. The van der Waals surface area contributed by atoms with E-state index >= 15 is 0 Å². The molecule has 1 aliphatic heterocycles. The van der Waals surface area contributed by atoms with E-state index in [-0.39, 0.29) is 16.7 Å². The SMILES string of the molecule is O=C(ON1C(=O)c2ccccc2C1=O)c1ccnc(F)c1. The van der Waals surface area contributed by atoms with Gasteiger partial charge in [-0.2, -0.15) is 4.39 Å². The van der Waals surface area contributed by atoms with E-state index in [1.807, 2.05) is 0 Å². The summed E-state index contributed by atoms with van der Waals surface area (Å²) in [6.45, 7) is 0. The number of rotatable bonds is 2. The number of hydrogen-bond acceptors (Lipinski definition) is 5. The molecule has 6 nitrogen and oxygen atoms in total. The van der Waals surface area contributed by atoms with Crippen molar-refractivity contribution in [3.05, 3.63) is 65.2 Å². The Morgan fingerprint density at radius 1 is 1.10 bits per heavy atom. The third kappa shape index (κ3) is 2.14. The van der Waals surface area contributed by atoms with Crippen LogP contribution in [0.3, 0.4) is 0 Å². The quantitative estimate of drug-likeness (QED) is 0.619. The number of benzene rings is 1. The summed E-state index contributed by atoms with van der Waals surface area (Å²) in [5.74, 6) is -3.37. The molecular weight excluding hydrogens is 279 g/mol. The third-order valence-corrected chi connectivity index (χ3v) is 2.89. The van der Waals surface area contributed by atoms with Crippen molar-refractivity contribution >= 4 is 17.8 Å². The number of carbonyl (C=O) groups is 3. The maximum atomic E-state index is 12.9. The van der Waals surface area contributed by atoms with Gasteiger partial charge in [0.05, 0.1) is 16.7 Å². The Labute approximate surface area is 117 Å². The maximum absolute atomic E-state index is 12.9. The van der Waals surface area contributed by atoms with E-state index < -0.39 is 23.7 Å². The highest BCUT2D eigenvalue weighted by atomic mass is 19.1. The van der Waals surface area contributed by atoms with Gasteiger partial charge in [0.1, 0.15) is 0 Å². The van der Waals surface area contributed by atoms with Gasteiger partial charge in [0.15, 0.2) is 0 Å². The number of nitrogens with zero attached hydrogens (tertiary/aromatic N) is 2. The maximum Gasteiger partial charge on any atom is 0.364 e. The topological polar surface area (TPSA) is 76.6 Å². The second kappa shape index (κ2) is 4.78. The summed E-state index contributed by atoms with van der Waals surface area (Å²) in [6.07, 6.45) is 1.08. The average Bonchev–Trinajstić information content (AvgIpc) is 2.73. The lowest BCUT2D eigenvalue weighted by molar-refractivity contribution is -0.0584. The molecule has 1 aliphatic rings. The minimum Gasteiger partial charge on any atom is -0.324 e. The highest BCUT2D eigenvalue weighted by Gasteiger charge is 2.38. The second-order valence-electron chi connectivity index (χ2n) is 4.20. The van der Waals surface area contributed by atoms with Crippen molar-refractivity contribution in [2.24, 2.45) is 0 Å². The molecule has 0 unspecified atom stereocenters. The molecule has 3 rings (SSSR count). The Morgan fingerprint density at radius 2 is 1.71 bits per heavy atom. The van der Waals surface area contributed by atoms with E-state index in [1.54, 1.807) is 12.1 Å². The van der Waals surface area contributed by atoms with Crippen molar-refractivity contribution in [3.8, 4) is 0 Å². The van der Waals surface area contributed by atoms with Crippen LogP contribution < -0.4 is 0 Å². The van der Waals surface area contributed by atoms with Crippen LogP contribution in [-0.2, 0) is 4.84 Å². The van der Waals surface area contributed by atoms with Crippen LogP contribution in [0.25, 0.3) is 0 Å². The number of imide groups is 1. The van der Waals surface area contributed by atoms with E-state index in [1.165, 1.54) is 18.2 Å². The van der Waals surface area contributed by atoms with E-state index in [9.17, 15) is 18.8 Å². The molecule has 0 fully saturated rings. The van der Waals surface area contributed by atoms with Crippen LogP contribution in [0, 0.1) is 5.95 Å². The summed E-state index contributed by atoms with van der Waals surface area (Å²) in [7, 11) is 0. The number of hydrogen-bond donors (Lipinski definition) is 0. The van der Waals surface area contributed by atoms with Gasteiger partial charge in [-0.15, -0.1) is 0 Å². The van der Waals surface area contributed by atoms with Crippen molar-refractivity contribution in [3.63, 3.8) is 0 Å². The summed E-state index contributed by atoms with van der Waals surface area (Å²) < 4.78 is 12.9. The number of pyridine rings is 1. The van der Waals surface area contributed by atoms with E-state index in [2.05, 4.69) is 4.98 Å². The molecule has 104 valence electrons. The highest BCUT2D eigenvalue weighted by molar-refractivity contribution is 6.21. The zero-order valence-corrected chi connectivity index (χ0v) is 10.4. The predicted molar refractivity (Wildman–Crippen MR) is 66.6 cm³/mol. The molecule has 2 amide bonds. The first-order chi connectivity index (χ1) is 10.1. The van der Waals surface area contributed by atoms with Gasteiger partial charge in [0, 0.05) is 12.3 Å². The second-order valence-corrected chi connectivity index (χ2v) is 4.20. The summed E-state index contributed by atoms with van der Waals surface area (Å²) in [5.41, 5.74) is 0.145. The van der Waals surface area contributed by atoms with Crippen molar-refractivity contribution in [2.45, 2.75) is 0 Å². The van der Waals surface area contributed by atoms with Crippen LogP contribution >= 0.6 is 0 Å². The van der Waals surface area contributed by atoms with Gasteiger partial charge in [0.2, 0.25) is 5.95 Å². The first kappa shape index (κ1) is 12.9. The highest BCUT2D eigenvalue weighted by Crippen LogP contribution is 2.23. The number of hydroxylamine groups is 2. The minimum absolute atomic E-state index is 0.149. The summed E-state index contributed by atoms with van der Waals surface area (Å²) >= 11 is 0. The van der Waals surface area contributed by atoms with E-state index in [0.717, 1.165) is 12.3 Å². The van der Waals surface area contributed by atoms with Crippen LogP contribution in [0.15, 0.2) is 42.6 Å². The lowest BCUT2D eigenvalue weighted by Crippen LogP contribution is -2.32. The molecule has 21 heavy (non-hydrogen) atoms. The molecular formula is C14H7FN2O4. The van der Waals surface area contributed by atoms with Gasteiger partial charge in [-0.3, -0.25) is 9.59 Å². The van der Waals surface area contributed by atoms with Crippen molar-refractivity contribution < 1.29 is 23.6 Å². The van der Waals surface area contributed by atoms with Gasteiger partial charge in [0.25, 0.3) is 11.8 Å². The summed E-state index contributed by atoms with van der Waals surface area (Å²) in [5, 5.41) is 0.366. The molecule has 0 radical (unpaired) electrons. The van der Waals surface area contributed by atoms with Crippen molar-refractivity contribution in [1.82, 2.24) is 10.0 Å². The first-order valence-corrected chi connectivity index (χ1v) is 5.89. The Kier molecular flexibility index (Phi) is 2.94. The van der Waals surface area contributed by atoms with E-state index in [0.29, 0.717) is 5.06 Å². The number of aromatic nitrogens is 1. The number of fused-ring (bicyclic) bond motifs is 1. The molecule has 7 heteroatoms. The minimum atomic E-state index is -1.02. The molecule has 1 aromatic carbocycles. The molecule has 0 saturated heterocycles. The fourth-order valence-electron chi connectivity index (χ4n) is 1.92. The van der Waals surface area contributed by atoms with Gasteiger partial charge in [-0.25, -0.2) is 9.78 Å². The lowest BCUT2D eigenvalue weighted by Gasteiger charge is -2.12. The molecule has 2 heterocycles. The zero-order valence-electron chi connectivity index (χ0n) is 10.4. The van der Waals surface area contributed by atoms with Gasteiger partial charge >= 0.3 is 5.97 Å². The Bertz CT molecular complexity index is 740. The third-order valence-electron chi connectivity index (χ3n) is 2.89. The van der Waals surface area contributed by atoms with Gasteiger partial charge in [-0.1, -0.05) is 17.2 Å².